The minimum absolute atomic E-state index is 0.0134. The van der Waals surface area contributed by atoms with E-state index in [9.17, 15) is 9.59 Å². The van der Waals surface area contributed by atoms with Crippen molar-refractivity contribution >= 4 is 62.5 Å². The van der Waals surface area contributed by atoms with Crippen molar-refractivity contribution in [3.8, 4) is 18.1 Å². The van der Waals surface area contributed by atoms with Gasteiger partial charge in [-0.3, -0.25) is 19.4 Å². The van der Waals surface area contributed by atoms with Gasteiger partial charge in [-0.15, -0.1) is 6.42 Å². The third kappa shape index (κ3) is 4.58. The summed E-state index contributed by atoms with van der Waals surface area (Å²) >= 11 is 9.05. The molecule has 1 aliphatic heterocycles. The molecule has 4 rings (SSSR count). The first-order valence-electron chi connectivity index (χ1n) is 9.91. The Balaban J connectivity index is 1.80. The minimum atomic E-state index is -0.493. The Morgan fingerprint density at radius 3 is 1.94 bits per heavy atom. The smallest absolute Gasteiger partial charge is 0.270 e. The maximum Gasteiger partial charge on any atom is 0.270 e. The number of hydrogen-bond acceptors (Lipinski definition) is 4. The van der Waals surface area contributed by atoms with Crippen LogP contribution in [0.25, 0.3) is 6.08 Å². The molecule has 1 fully saturated rings. The number of terminal acetylenes is 1. The lowest BCUT2D eigenvalue weighted by Crippen LogP contribution is -2.56. The molecule has 3 aromatic rings. The van der Waals surface area contributed by atoms with Crippen LogP contribution in [0.3, 0.4) is 0 Å². The third-order valence-corrected chi connectivity index (χ3v) is 5.84. The molecule has 0 saturated carbocycles. The monoisotopic (exact) mass is 516 g/mol. The Hall–Kier alpha value is -3.73. The van der Waals surface area contributed by atoms with Crippen molar-refractivity contribution in [2.24, 2.45) is 0 Å². The van der Waals surface area contributed by atoms with Crippen LogP contribution in [0.4, 0.5) is 11.4 Å². The summed E-state index contributed by atoms with van der Waals surface area (Å²) in [7, 11) is 0. The van der Waals surface area contributed by atoms with E-state index >= 15 is 0 Å². The van der Waals surface area contributed by atoms with Gasteiger partial charge in [-0.25, -0.2) is 0 Å². The zero-order valence-electron chi connectivity index (χ0n) is 17.3. The maximum atomic E-state index is 13.5. The molecule has 5 nitrogen and oxygen atoms in total. The standard InChI is InChI=1S/C26H17BrN2O3S/c1-2-15-32-23-14-13-18(17-22(23)27)16-21-24(30)28(19-9-5-3-6-10-19)26(33)29(25(21)31)20-11-7-4-8-12-20/h1,3-14,16-17H,15H2. The Labute approximate surface area is 205 Å². The number of anilines is 2. The normalized spacial score (nSPS) is 13.7. The van der Waals surface area contributed by atoms with E-state index in [0.29, 0.717) is 27.2 Å². The van der Waals surface area contributed by atoms with Crippen LogP contribution in [-0.2, 0) is 9.59 Å². The molecule has 0 bridgehead atoms. The van der Waals surface area contributed by atoms with Crippen molar-refractivity contribution in [1.29, 1.82) is 0 Å². The minimum Gasteiger partial charge on any atom is -0.480 e. The number of hydrogen-bond donors (Lipinski definition) is 0. The second kappa shape index (κ2) is 9.82. The highest BCUT2D eigenvalue weighted by molar-refractivity contribution is 9.10. The summed E-state index contributed by atoms with van der Waals surface area (Å²) in [6, 6.07) is 23.2. The van der Waals surface area contributed by atoms with Gasteiger partial charge in [-0.05, 0) is 76.2 Å². The fourth-order valence-electron chi connectivity index (χ4n) is 3.35. The molecular formula is C26H17BrN2O3S. The van der Waals surface area contributed by atoms with E-state index in [1.54, 1.807) is 48.5 Å². The summed E-state index contributed by atoms with van der Waals surface area (Å²) in [4.78, 5) is 29.7. The van der Waals surface area contributed by atoms with Crippen LogP contribution in [-0.4, -0.2) is 23.5 Å². The quantitative estimate of drug-likeness (QED) is 0.202. The fraction of sp³-hybridized carbons (Fsp3) is 0.0385. The van der Waals surface area contributed by atoms with Crippen LogP contribution >= 0.6 is 28.1 Å². The summed E-state index contributed by atoms with van der Waals surface area (Å²) in [5, 5.41) is 0.0961. The van der Waals surface area contributed by atoms with Crippen LogP contribution in [0.1, 0.15) is 5.56 Å². The predicted molar refractivity (Wildman–Crippen MR) is 137 cm³/mol. The molecule has 0 aromatic heterocycles. The summed E-state index contributed by atoms with van der Waals surface area (Å²) in [6.07, 6.45) is 6.80. The second-order valence-electron chi connectivity index (χ2n) is 6.98. The molecule has 1 heterocycles. The van der Waals surface area contributed by atoms with Crippen LogP contribution in [0.15, 0.2) is 88.9 Å². The molecule has 1 aliphatic rings. The number of thiocarbonyl (C=S) groups is 1. The molecule has 33 heavy (non-hydrogen) atoms. The summed E-state index contributed by atoms with van der Waals surface area (Å²) in [6.45, 7) is 0.130. The number of benzene rings is 3. The highest BCUT2D eigenvalue weighted by Crippen LogP contribution is 2.31. The molecule has 0 N–H and O–H groups in total. The zero-order chi connectivity index (χ0) is 23.4. The Morgan fingerprint density at radius 2 is 1.45 bits per heavy atom. The molecule has 2 amide bonds. The van der Waals surface area contributed by atoms with Gasteiger partial charge in [0.15, 0.2) is 5.11 Å². The molecule has 0 radical (unpaired) electrons. The Morgan fingerprint density at radius 1 is 0.909 bits per heavy atom. The summed E-state index contributed by atoms with van der Waals surface area (Å²) < 4.78 is 6.12. The van der Waals surface area contributed by atoms with Crippen LogP contribution < -0.4 is 14.5 Å². The molecule has 0 atom stereocenters. The van der Waals surface area contributed by atoms with Crippen molar-refractivity contribution in [3.63, 3.8) is 0 Å². The van der Waals surface area contributed by atoms with Gasteiger partial charge in [0.1, 0.15) is 17.9 Å². The average molecular weight is 517 g/mol. The van der Waals surface area contributed by atoms with Gasteiger partial charge in [0, 0.05) is 0 Å². The third-order valence-electron chi connectivity index (χ3n) is 4.86. The van der Waals surface area contributed by atoms with E-state index in [2.05, 4.69) is 21.9 Å². The van der Waals surface area contributed by atoms with Gasteiger partial charge in [0.25, 0.3) is 11.8 Å². The molecule has 7 heteroatoms. The second-order valence-corrected chi connectivity index (χ2v) is 8.19. The largest absolute Gasteiger partial charge is 0.480 e. The van der Waals surface area contributed by atoms with Gasteiger partial charge in [-0.1, -0.05) is 48.4 Å². The van der Waals surface area contributed by atoms with Crippen molar-refractivity contribution in [2.75, 3.05) is 16.4 Å². The van der Waals surface area contributed by atoms with Crippen LogP contribution in [0.5, 0.6) is 5.75 Å². The van der Waals surface area contributed by atoms with E-state index in [1.807, 2.05) is 36.4 Å². The number of nitrogens with zero attached hydrogens (tertiary/aromatic N) is 2. The van der Waals surface area contributed by atoms with Crippen LogP contribution in [0.2, 0.25) is 0 Å². The highest BCUT2D eigenvalue weighted by Gasteiger charge is 2.41. The van der Waals surface area contributed by atoms with Gasteiger partial charge in [-0.2, -0.15) is 0 Å². The molecule has 0 spiro atoms. The van der Waals surface area contributed by atoms with E-state index < -0.39 is 11.8 Å². The van der Waals surface area contributed by atoms with Gasteiger partial charge in [0.2, 0.25) is 0 Å². The fourth-order valence-corrected chi connectivity index (χ4v) is 4.24. The summed E-state index contributed by atoms with van der Waals surface area (Å²) in [5.74, 6) is 1.99. The zero-order valence-corrected chi connectivity index (χ0v) is 19.7. The topological polar surface area (TPSA) is 49.9 Å². The van der Waals surface area contributed by atoms with E-state index in [1.165, 1.54) is 9.80 Å². The first-order chi connectivity index (χ1) is 16.0. The van der Waals surface area contributed by atoms with Crippen molar-refractivity contribution < 1.29 is 14.3 Å². The molecule has 0 aliphatic carbocycles. The van der Waals surface area contributed by atoms with Crippen molar-refractivity contribution in [3.05, 3.63) is 94.5 Å². The highest BCUT2D eigenvalue weighted by atomic mass is 79.9. The number of halogens is 1. The lowest BCUT2D eigenvalue weighted by atomic mass is 10.0. The number of amides is 2. The van der Waals surface area contributed by atoms with Gasteiger partial charge >= 0.3 is 0 Å². The van der Waals surface area contributed by atoms with E-state index in [-0.39, 0.29) is 17.3 Å². The number of ether oxygens (including phenoxy) is 1. The molecule has 0 unspecified atom stereocenters. The van der Waals surface area contributed by atoms with E-state index in [4.69, 9.17) is 23.4 Å². The SMILES string of the molecule is C#CCOc1ccc(C=C2C(=O)N(c3ccccc3)C(=S)N(c3ccccc3)C2=O)cc1Br. The molecule has 3 aromatic carbocycles. The van der Waals surface area contributed by atoms with Gasteiger partial charge in [0.05, 0.1) is 15.8 Å². The Bertz CT molecular complexity index is 1240. The van der Waals surface area contributed by atoms with Gasteiger partial charge < -0.3 is 4.74 Å². The number of carbonyl (C=O) groups is 2. The average Bonchev–Trinajstić information content (AvgIpc) is 2.83. The lowest BCUT2D eigenvalue weighted by Gasteiger charge is -2.36. The number of para-hydroxylation sites is 2. The van der Waals surface area contributed by atoms with E-state index in [0.717, 1.165) is 0 Å². The maximum absolute atomic E-state index is 13.5. The Kier molecular flexibility index (Phi) is 6.68. The molecular weight excluding hydrogens is 500 g/mol. The first-order valence-corrected chi connectivity index (χ1v) is 11.1. The lowest BCUT2D eigenvalue weighted by molar-refractivity contribution is -0.120. The predicted octanol–water partition coefficient (Wildman–Crippen LogP) is 5.21. The van der Waals surface area contributed by atoms with Crippen molar-refractivity contribution in [1.82, 2.24) is 0 Å². The number of carbonyl (C=O) groups excluding carboxylic acids is 2. The van der Waals surface area contributed by atoms with Crippen molar-refractivity contribution in [2.45, 2.75) is 0 Å². The molecule has 162 valence electrons. The first kappa shape index (κ1) is 22.5. The number of rotatable bonds is 5. The molecule has 1 saturated heterocycles. The van der Waals surface area contributed by atoms with Crippen LogP contribution in [0, 0.1) is 12.3 Å². The summed E-state index contributed by atoms with van der Waals surface area (Å²) in [5.41, 5.74) is 1.78.